The van der Waals surface area contributed by atoms with Gasteiger partial charge in [-0.25, -0.2) is 4.79 Å². The topological polar surface area (TPSA) is 90.5 Å². The number of piperidine rings is 2. The first kappa shape index (κ1) is 29.3. The molecule has 3 atom stereocenters. The Labute approximate surface area is 244 Å². The predicted molar refractivity (Wildman–Crippen MR) is 161 cm³/mol. The molecular formula is C30H42Br2N4O2. The van der Waals surface area contributed by atoms with Crippen LogP contribution < -0.4 is 5.73 Å². The number of nitrogens with two attached hydrogens (primary N) is 1. The van der Waals surface area contributed by atoms with Gasteiger partial charge in [-0.3, -0.25) is 4.79 Å². The van der Waals surface area contributed by atoms with Crippen LogP contribution in [0, 0.1) is 30.1 Å². The molecule has 1 aromatic rings. The van der Waals surface area contributed by atoms with E-state index in [4.69, 9.17) is 11.1 Å². The van der Waals surface area contributed by atoms with E-state index in [-0.39, 0.29) is 22.7 Å². The van der Waals surface area contributed by atoms with Gasteiger partial charge < -0.3 is 20.9 Å². The van der Waals surface area contributed by atoms with Crippen LogP contribution in [0.3, 0.4) is 0 Å². The maximum Gasteiger partial charge on any atom is 0.314 e. The zero-order chi connectivity index (χ0) is 27.6. The second kappa shape index (κ2) is 12.7. The third-order valence-corrected chi connectivity index (χ3v) is 11.0. The van der Waals surface area contributed by atoms with E-state index in [1.165, 1.54) is 38.5 Å². The van der Waals surface area contributed by atoms with Crippen LogP contribution in [-0.4, -0.2) is 59.0 Å². The Morgan fingerprint density at radius 3 is 2.32 bits per heavy atom. The Morgan fingerprint density at radius 2 is 1.71 bits per heavy atom. The van der Waals surface area contributed by atoms with Crippen molar-refractivity contribution in [3.05, 3.63) is 44.4 Å². The highest BCUT2D eigenvalue weighted by molar-refractivity contribution is 9.10. The first-order valence-electron chi connectivity index (χ1n) is 14.1. The summed E-state index contributed by atoms with van der Waals surface area (Å²) in [5.41, 5.74) is 12.5. The first-order chi connectivity index (χ1) is 18.1. The van der Waals surface area contributed by atoms with Crippen molar-refractivity contribution in [1.29, 1.82) is 5.41 Å². The van der Waals surface area contributed by atoms with E-state index in [0.717, 1.165) is 51.6 Å². The van der Waals surface area contributed by atoms with E-state index in [9.17, 15) is 9.59 Å². The number of nitrogens with one attached hydrogen (secondary N) is 1. The molecule has 3 N–H and O–H groups in total. The quantitative estimate of drug-likeness (QED) is 0.207. The Balaban J connectivity index is 1.50. The van der Waals surface area contributed by atoms with Gasteiger partial charge in [0, 0.05) is 49.2 Å². The SMILES string of the molecule is CC1=C(C(C)C(Br)C=N)CCc2cc(C)cc(Br)c2C1C1CCN(C(=O)CC2CCN(C(N)=O)CC2)CC1. The molecule has 0 aromatic heterocycles. The van der Waals surface area contributed by atoms with Crippen LogP contribution in [0.1, 0.15) is 75.0 Å². The lowest BCUT2D eigenvalue weighted by atomic mass is 9.73. The van der Waals surface area contributed by atoms with Crippen LogP contribution in [0.5, 0.6) is 0 Å². The highest BCUT2D eigenvalue weighted by Crippen LogP contribution is 2.48. The fourth-order valence-electron chi connectivity index (χ4n) is 6.99. The zero-order valence-corrected chi connectivity index (χ0v) is 26.1. The minimum atomic E-state index is -0.356. The second-order valence-electron chi connectivity index (χ2n) is 11.6. The van der Waals surface area contributed by atoms with Crippen molar-refractivity contribution in [3.8, 4) is 0 Å². The average Bonchev–Trinajstić information content (AvgIpc) is 3.04. The maximum atomic E-state index is 13.2. The minimum Gasteiger partial charge on any atom is -0.351 e. The van der Waals surface area contributed by atoms with Gasteiger partial charge in [-0.2, -0.15) is 0 Å². The number of carbonyl (C=O) groups excluding carboxylic acids is 2. The maximum absolute atomic E-state index is 13.2. The fraction of sp³-hybridized carbons (Fsp3) is 0.633. The third kappa shape index (κ3) is 6.38. The number of primary amides is 1. The number of urea groups is 1. The lowest BCUT2D eigenvalue weighted by Crippen LogP contribution is -2.44. The molecule has 1 aromatic carbocycles. The molecule has 0 bridgehead atoms. The molecule has 2 aliphatic heterocycles. The van der Waals surface area contributed by atoms with Crippen molar-refractivity contribution >= 4 is 50.0 Å². The van der Waals surface area contributed by atoms with Crippen molar-refractivity contribution in [2.24, 2.45) is 23.5 Å². The van der Waals surface area contributed by atoms with Gasteiger partial charge >= 0.3 is 6.03 Å². The van der Waals surface area contributed by atoms with E-state index in [2.05, 4.69) is 69.7 Å². The van der Waals surface area contributed by atoms with Gasteiger partial charge in [0.05, 0.1) is 4.83 Å². The van der Waals surface area contributed by atoms with Gasteiger partial charge in [0.25, 0.3) is 0 Å². The normalized spacial score (nSPS) is 23.0. The number of nitrogens with zero attached hydrogens (tertiary/aromatic N) is 2. The molecule has 3 amide bonds. The predicted octanol–water partition coefficient (Wildman–Crippen LogP) is 6.57. The molecule has 6 nitrogen and oxygen atoms in total. The molecule has 8 heteroatoms. The zero-order valence-electron chi connectivity index (χ0n) is 22.9. The number of hydrogen-bond donors (Lipinski definition) is 2. The summed E-state index contributed by atoms with van der Waals surface area (Å²) in [6, 6.07) is 4.25. The van der Waals surface area contributed by atoms with Crippen molar-refractivity contribution in [2.75, 3.05) is 26.2 Å². The molecule has 3 aliphatic rings. The number of halogens is 2. The van der Waals surface area contributed by atoms with Crippen LogP contribution in [-0.2, 0) is 11.2 Å². The molecule has 0 spiro atoms. The second-order valence-corrected chi connectivity index (χ2v) is 13.5. The molecule has 1 aliphatic carbocycles. The summed E-state index contributed by atoms with van der Waals surface area (Å²) in [6.45, 7) is 9.65. The molecule has 4 rings (SSSR count). The van der Waals surface area contributed by atoms with E-state index in [0.29, 0.717) is 37.3 Å². The van der Waals surface area contributed by atoms with Crippen LogP contribution >= 0.6 is 31.9 Å². The molecule has 2 heterocycles. The lowest BCUT2D eigenvalue weighted by molar-refractivity contribution is -0.134. The standard InChI is InChI=1S/C30H42Br2N4O2/c1-18-14-23-4-5-24(19(2)26(32)17-33)20(3)28(29(23)25(31)15-18)22-8-12-35(13-9-22)27(37)16-21-6-10-36(11-7-21)30(34)38/h14-15,17,19,21-22,26,28,33H,4-13,16H2,1-3H3,(H2,34,38). The lowest BCUT2D eigenvalue weighted by Gasteiger charge is -2.39. The molecule has 38 heavy (non-hydrogen) atoms. The number of likely N-dealkylation sites (tertiary alicyclic amines) is 2. The smallest absolute Gasteiger partial charge is 0.314 e. The summed E-state index contributed by atoms with van der Waals surface area (Å²) in [6.07, 6.45) is 7.83. The van der Waals surface area contributed by atoms with E-state index >= 15 is 0 Å². The number of aryl methyl sites for hydroxylation is 2. The Bertz CT molecular complexity index is 1090. The van der Waals surface area contributed by atoms with E-state index in [1.54, 1.807) is 4.90 Å². The molecule has 3 unspecified atom stereocenters. The van der Waals surface area contributed by atoms with Gasteiger partial charge in [0.1, 0.15) is 0 Å². The number of hydrogen-bond acceptors (Lipinski definition) is 3. The van der Waals surface area contributed by atoms with Gasteiger partial charge in [-0.05, 0) is 92.9 Å². The Hall–Kier alpha value is -1.67. The number of carbonyl (C=O) groups is 2. The average molecular weight is 650 g/mol. The molecular weight excluding hydrogens is 608 g/mol. The largest absolute Gasteiger partial charge is 0.351 e. The molecule has 2 fully saturated rings. The first-order valence-corrected chi connectivity index (χ1v) is 15.8. The third-order valence-electron chi connectivity index (χ3n) is 9.25. The number of allylic oxidation sites excluding steroid dienone is 2. The number of alkyl halides is 1. The summed E-state index contributed by atoms with van der Waals surface area (Å²) in [5, 5.41) is 7.84. The van der Waals surface area contributed by atoms with E-state index in [1.807, 2.05) is 0 Å². The van der Waals surface area contributed by atoms with Gasteiger partial charge in [-0.15, -0.1) is 0 Å². The summed E-state index contributed by atoms with van der Waals surface area (Å²) in [7, 11) is 0. The van der Waals surface area contributed by atoms with Crippen molar-refractivity contribution in [3.63, 3.8) is 0 Å². The molecule has 208 valence electrons. The number of benzene rings is 1. The van der Waals surface area contributed by atoms with Crippen molar-refractivity contribution in [1.82, 2.24) is 9.80 Å². The number of fused-ring (bicyclic) bond motifs is 1. The highest BCUT2D eigenvalue weighted by Gasteiger charge is 2.36. The number of rotatable bonds is 6. The minimum absolute atomic E-state index is 0.0359. The monoisotopic (exact) mass is 648 g/mol. The Morgan fingerprint density at radius 1 is 1.08 bits per heavy atom. The van der Waals surface area contributed by atoms with Crippen LogP contribution in [0.2, 0.25) is 0 Å². The summed E-state index contributed by atoms with van der Waals surface area (Å²) >= 11 is 7.67. The summed E-state index contributed by atoms with van der Waals surface area (Å²) < 4.78 is 1.20. The van der Waals surface area contributed by atoms with Gasteiger partial charge in [0.2, 0.25) is 5.91 Å². The fourth-order valence-corrected chi connectivity index (χ4v) is 8.17. The van der Waals surface area contributed by atoms with Crippen molar-refractivity contribution in [2.45, 2.75) is 76.5 Å². The van der Waals surface area contributed by atoms with Crippen molar-refractivity contribution < 1.29 is 9.59 Å². The summed E-state index contributed by atoms with van der Waals surface area (Å²) in [4.78, 5) is 28.4. The van der Waals surface area contributed by atoms with Gasteiger partial charge in [0.15, 0.2) is 0 Å². The Kier molecular flexibility index (Phi) is 9.77. The highest BCUT2D eigenvalue weighted by atomic mass is 79.9. The van der Waals surface area contributed by atoms with Crippen LogP contribution in [0.15, 0.2) is 27.8 Å². The summed E-state index contributed by atoms with van der Waals surface area (Å²) in [5.74, 6) is 1.66. The van der Waals surface area contributed by atoms with Crippen LogP contribution in [0.4, 0.5) is 4.79 Å². The molecule has 0 radical (unpaired) electrons. The molecule has 0 saturated carbocycles. The van der Waals surface area contributed by atoms with E-state index < -0.39 is 0 Å². The van der Waals surface area contributed by atoms with Gasteiger partial charge in [-0.1, -0.05) is 56.0 Å². The molecule has 2 saturated heterocycles. The number of amides is 3. The van der Waals surface area contributed by atoms with Crippen LogP contribution in [0.25, 0.3) is 0 Å².